The van der Waals surface area contributed by atoms with Crippen LogP contribution in [0.1, 0.15) is 96.3 Å². The molecule has 0 aromatic heterocycles. The third kappa shape index (κ3) is 4.40. The van der Waals surface area contributed by atoms with E-state index in [1.807, 2.05) is 13.0 Å². The Balaban J connectivity index is 1.62. The summed E-state index contributed by atoms with van der Waals surface area (Å²) in [5, 5.41) is 0.198. The molecule has 3 aliphatic rings. The zero-order valence-electron chi connectivity index (χ0n) is 22.8. The molecule has 34 heavy (non-hydrogen) atoms. The van der Waals surface area contributed by atoms with E-state index in [0.29, 0.717) is 18.4 Å². The van der Waals surface area contributed by atoms with Gasteiger partial charge in [-0.25, -0.2) is 4.79 Å². The van der Waals surface area contributed by atoms with Crippen LogP contribution < -0.4 is 4.43 Å². The smallest absolute Gasteiger partial charge is 0.330 e. The lowest BCUT2D eigenvalue weighted by Crippen LogP contribution is -2.44. The van der Waals surface area contributed by atoms with Gasteiger partial charge in [0.1, 0.15) is 5.75 Å². The minimum Gasteiger partial charge on any atom is -0.543 e. The molecule has 4 rings (SSSR count). The van der Waals surface area contributed by atoms with Gasteiger partial charge in [-0.2, -0.15) is 0 Å². The summed E-state index contributed by atoms with van der Waals surface area (Å²) in [5.41, 5.74) is 6.00. The molecule has 3 nitrogen and oxygen atoms in total. The zero-order valence-corrected chi connectivity index (χ0v) is 23.8. The van der Waals surface area contributed by atoms with Gasteiger partial charge in [-0.15, -0.1) is 0 Å². The number of benzene rings is 1. The van der Waals surface area contributed by atoms with E-state index in [-0.39, 0.29) is 16.4 Å². The van der Waals surface area contributed by atoms with Crippen LogP contribution in [-0.4, -0.2) is 20.9 Å². The van der Waals surface area contributed by atoms with Crippen molar-refractivity contribution in [3.05, 3.63) is 40.5 Å². The van der Waals surface area contributed by atoms with Crippen molar-refractivity contribution in [1.29, 1.82) is 0 Å². The fraction of sp³-hybridized carbons (Fsp3) is 0.700. The second-order valence-corrected chi connectivity index (χ2v) is 17.4. The van der Waals surface area contributed by atoms with E-state index >= 15 is 0 Å². The normalized spacial score (nSPS) is 29.9. The van der Waals surface area contributed by atoms with Crippen molar-refractivity contribution in [2.45, 2.75) is 111 Å². The molecule has 188 valence electrons. The second kappa shape index (κ2) is 9.15. The predicted molar refractivity (Wildman–Crippen MR) is 143 cm³/mol. The fourth-order valence-corrected chi connectivity index (χ4v) is 7.90. The van der Waals surface area contributed by atoms with Crippen molar-refractivity contribution in [1.82, 2.24) is 0 Å². The molecule has 0 N–H and O–H groups in total. The monoisotopic (exact) mass is 482 g/mol. The van der Waals surface area contributed by atoms with Gasteiger partial charge in [-0.3, -0.25) is 0 Å². The Morgan fingerprint density at radius 3 is 2.53 bits per heavy atom. The third-order valence-corrected chi connectivity index (χ3v) is 14.2. The summed E-state index contributed by atoms with van der Waals surface area (Å²) < 4.78 is 12.1. The van der Waals surface area contributed by atoms with E-state index in [4.69, 9.17) is 9.16 Å². The second-order valence-electron chi connectivity index (χ2n) is 12.7. The molecule has 0 bridgehead atoms. The first-order chi connectivity index (χ1) is 15.9. The molecule has 0 amide bonds. The van der Waals surface area contributed by atoms with Crippen molar-refractivity contribution in [3.63, 3.8) is 0 Å². The quantitative estimate of drug-likeness (QED) is 0.242. The molecule has 0 spiro atoms. The van der Waals surface area contributed by atoms with Crippen LogP contribution in [0.3, 0.4) is 0 Å². The Labute approximate surface area is 208 Å². The first kappa shape index (κ1) is 25.5. The maximum atomic E-state index is 12.2. The first-order valence-corrected chi connectivity index (χ1v) is 16.5. The molecular weight excluding hydrogens is 436 g/mol. The van der Waals surface area contributed by atoms with E-state index in [2.05, 4.69) is 59.8 Å². The lowest BCUT2D eigenvalue weighted by atomic mass is 9.55. The summed E-state index contributed by atoms with van der Waals surface area (Å²) in [7, 11) is -1.87. The van der Waals surface area contributed by atoms with Crippen molar-refractivity contribution in [2.75, 3.05) is 6.61 Å². The minimum atomic E-state index is -1.87. The number of aryl methyl sites for hydroxylation is 2. The van der Waals surface area contributed by atoms with Crippen molar-refractivity contribution in [3.8, 4) is 5.75 Å². The molecule has 0 radical (unpaired) electrons. The summed E-state index contributed by atoms with van der Waals surface area (Å²) in [6.07, 6.45) is 9.92. The molecule has 2 saturated carbocycles. The summed E-state index contributed by atoms with van der Waals surface area (Å²) >= 11 is 0. The minimum absolute atomic E-state index is 0.155. The molecule has 0 heterocycles. The SMILES string of the molecule is CCOC(=O)/C=C1\CC[C@H]2[C@@H]3CCc4cc(O[Si](C)(C)C(C)(C)C)c(CC)cc4[C@H]3CC[C@]12C. The Morgan fingerprint density at radius 2 is 1.88 bits per heavy atom. The van der Waals surface area contributed by atoms with Crippen LogP contribution in [0, 0.1) is 17.3 Å². The zero-order chi connectivity index (χ0) is 24.9. The van der Waals surface area contributed by atoms with Crippen molar-refractivity contribution >= 4 is 14.3 Å². The van der Waals surface area contributed by atoms with E-state index in [1.165, 1.54) is 42.4 Å². The summed E-state index contributed by atoms with van der Waals surface area (Å²) in [5.74, 6) is 3.03. The van der Waals surface area contributed by atoms with Crippen LogP contribution in [-0.2, 0) is 22.4 Å². The summed E-state index contributed by atoms with van der Waals surface area (Å²) in [6.45, 7) is 18.7. The average molecular weight is 483 g/mol. The number of ether oxygens (including phenoxy) is 1. The Hall–Kier alpha value is -1.55. The average Bonchev–Trinajstić information content (AvgIpc) is 3.08. The van der Waals surface area contributed by atoms with Crippen LogP contribution in [0.5, 0.6) is 5.75 Å². The van der Waals surface area contributed by atoms with Crippen molar-refractivity contribution in [2.24, 2.45) is 17.3 Å². The van der Waals surface area contributed by atoms with Gasteiger partial charge in [0.2, 0.25) is 8.32 Å². The molecule has 0 saturated heterocycles. The molecule has 0 unspecified atom stereocenters. The topological polar surface area (TPSA) is 35.5 Å². The Bertz CT molecular complexity index is 970. The van der Waals surface area contributed by atoms with Crippen LogP contribution in [0.4, 0.5) is 0 Å². The van der Waals surface area contributed by atoms with E-state index in [0.717, 1.165) is 30.9 Å². The highest BCUT2D eigenvalue weighted by atomic mass is 28.4. The molecule has 4 heteroatoms. The molecular formula is C30H46O3Si. The van der Waals surface area contributed by atoms with Gasteiger partial charge in [-0.1, -0.05) is 46.3 Å². The van der Waals surface area contributed by atoms with Crippen LogP contribution in [0.2, 0.25) is 18.1 Å². The first-order valence-electron chi connectivity index (χ1n) is 13.6. The van der Waals surface area contributed by atoms with Crippen LogP contribution in [0.15, 0.2) is 23.8 Å². The largest absolute Gasteiger partial charge is 0.543 e. The van der Waals surface area contributed by atoms with Crippen molar-refractivity contribution < 1.29 is 14.0 Å². The molecule has 4 atom stereocenters. The van der Waals surface area contributed by atoms with Gasteiger partial charge in [0.15, 0.2) is 0 Å². The number of esters is 1. The fourth-order valence-electron chi connectivity index (χ4n) is 6.86. The predicted octanol–water partition coefficient (Wildman–Crippen LogP) is 7.98. The Kier molecular flexibility index (Phi) is 6.87. The molecule has 1 aromatic carbocycles. The summed E-state index contributed by atoms with van der Waals surface area (Å²) in [6, 6.07) is 4.93. The highest BCUT2D eigenvalue weighted by Crippen LogP contribution is 2.63. The lowest BCUT2D eigenvalue weighted by molar-refractivity contribution is -0.137. The van der Waals surface area contributed by atoms with Gasteiger partial charge in [-0.05, 0) is 116 Å². The van der Waals surface area contributed by atoms with Gasteiger partial charge in [0.25, 0.3) is 0 Å². The lowest BCUT2D eigenvalue weighted by Gasteiger charge is -2.50. The Morgan fingerprint density at radius 1 is 1.15 bits per heavy atom. The van der Waals surface area contributed by atoms with E-state index in [1.54, 1.807) is 5.56 Å². The highest BCUT2D eigenvalue weighted by molar-refractivity contribution is 6.74. The van der Waals surface area contributed by atoms with Gasteiger partial charge < -0.3 is 9.16 Å². The van der Waals surface area contributed by atoms with Gasteiger partial charge in [0, 0.05) is 6.08 Å². The molecule has 2 fully saturated rings. The maximum absolute atomic E-state index is 12.2. The number of hydrogen-bond acceptors (Lipinski definition) is 3. The number of rotatable bonds is 5. The van der Waals surface area contributed by atoms with Crippen LogP contribution >= 0.6 is 0 Å². The molecule has 1 aromatic rings. The van der Waals surface area contributed by atoms with E-state index in [9.17, 15) is 4.79 Å². The number of carbonyl (C=O) groups is 1. The third-order valence-electron chi connectivity index (χ3n) is 9.88. The van der Waals surface area contributed by atoms with Gasteiger partial charge >= 0.3 is 5.97 Å². The number of allylic oxidation sites excluding steroid dienone is 1. The standard InChI is InChI=1S/C30H46O3Si/c1-9-20-17-25-21(18-27(20)33-34(7,8)29(3,4)5)11-13-24-23(25)15-16-30(6)22(12-14-26(24)30)19-28(31)32-10-2/h17-19,23-24,26H,9-16H2,1-8H3/b22-19+/t23-,24+,26-,30+/m0/s1. The molecule has 0 aliphatic heterocycles. The molecule has 3 aliphatic carbocycles. The highest BCUT2D eigenvalue weighted by Gasteiger charge is 2.52. The number of hydrogen-bond donors (Lipinski definition) is 0. The van der Waals surface area contributed by atoms with Crippen LogP contribution in [0.25, 0.3) is 0 Å². The van der Waals surface area contributed by atoms with Gasteiger partial charge in [0.05, 0.1) is 6.61 Å². The maximum Gasteiger partial charge on any atom is 0.330 e. The van der Waals surface area contributed by atoms with E-state index < -0.39 is 8.32 Å². The number of fused-ring (bicyclic) bond motifs is 5. The number of carbonyl (C=O) groups excluding carboxylic acids is 1. The summed E-state index contributed by atoms with van der Waals surface area (Å²) in [4.78, 5) is 12.2.